The van der Waals surface area contributed by atoms with Crippen molar-refractivity contribution in [2.24, 2.45) is 10.9 Å². The first kappa shape index (κ1) is 22.5. The summed E-state index contributed by atoms with van der Waals surface area (Å²) in [6.07, 6.45) is 3.00. The second kappa shape index (κ2) is 10.7. The number of guanidine groups is 1. The van der Waals surface area contributed by atoms with Crippen LogP contribution in [0.25, 0.3) is 0 Å². The lowest BCUT2D eigenvalue weighted by atomic mass is 9.98. The molecule has 1 fully saturated rings. The fourth-order valence-corrected chi connectivity index (χ4v) is 4.19. The summed E-state index contributed by atoms with van der Waals surface area (Å²) < 4.78 is 30.3. The van der Waals surface area contributed by atoms with E-state index in [9.17, 15) is 8.42 Å². The third-order valence-electron chi connectivity index (χ3n) is 4.89. The average molecular weight is 411 g/mol. The molecule has 0 atom stereocenters. The largest absolute Gasteiger partial charge is 0.494 e. The number of sulfonamides is 1. The summed E-state index contributed by atoms with van der Waals surface area (Å²) in [7, 11) is -1.04. The minimum atomic E-state index is -3.08. The Morgan fingerprint density at radius 3 is 2.43 bits per heavy atom. The molecule has 0 bridgehead atoms. The van der Waals surface area contributed by atoms with Crippen LogP contribution in [0.3, 0.4) is 0 Å². The zero-order chi connectivity index (χ0) is 20.6. The second-order valence-electron chi connectivity index (χ2n) is 7.23. The van der Waals surface area contributed by atoms with Crippen LogP contribution in [-0.4, -0.2) is 69.7 Å². The summed E-state index contributed by atoms with van der Waals surface area (Å²) >= 11 is 0. The summed E-state index contributed by atoms with van der Waals surface area (Å²) in [6, 6.07) is 8.14. The van der Waals surface area contributed by atoms with Crippen LogP contribution in [0.4, 0.5) is 0 Å². The van der Waals surface area contributed by atoms with Gasteiger partial charge in [0.05, 0.1) is 12.9 Å². The molecule has 7 nitrogen and oxygen atoms in total. The van der Waals surface area contributed by atoms with Crippen LogP contribution < -0.4 is 10.1 Å². The van der Waals surface area contributed by atoms with E-state index >= 15 is 0 Å². The summed E-state index contributed by atoms with van der Waals surface area (Å²) in [6.45, 7) is 8.17. The van der Waals surface area contributed by atoms with Gasteiger partial charge in [0, 0.05) is 39.8 Å². The van der Waals surface area contributed by atoms with E-state index in [2.05, 4.69) is 29.3 Å². The molecule has 0 aliphatic carbocycles. The molecule has 2 rings (SSSR count). The molecule has 0 aromatic heterocycles. The van der Waals surface area contributed by atoms with Crippen LogP contribution in [0, 0.1) is 5.92 Å². The third-order valence-corrected chi connectivity index (χ3v) is 6.20. The van der Waals surface area contributed by atoms with Gasteiger partial charge in [-0.25, -0.2) is 12.7 Å². The number of piperidine rings is 1. The number of nitrogens with zero attached hydrogens (tertiary/aromatic N) is 3. The topological polar surface area (TPSA) is 74.2 Å². The Morgan fingerprint density at radius 1 is 1.25 bits per heavy atom. The molecule has 0 unspecified atom stereocenters. The normalized spacial score (nSPS) is 16.8. The number of aliphatic imine (C=N–C) groups is 1. The summed E-state index contributed by atoms with van der Waals surface area (Å²) in [5.74, 6) is 2.18. The van der Waals surface area contributed by atoms with E-state index in [0.29, 0.717) is 32.2 Å². The fourth-order valence-electron chi connectivity index (χ4n) is 3.32. The lowest BCUT2D eigenvalue weighted by Crippen LogP contribution is -2.40. The SMILES string of the molecule is CCNC(=NCC1CCN(S(C)(=O)=O)CC1)N(C)Cc1ccc(OCC)cc1. The van der Waals surface area contributed by atoms with E-state index in [-0.39, 0.29) is 0 Å². The fraction of sp³-hybridized carbons (Fsp3) is 0.650. The lowest BCUT2D eigenvalue weighted by molar-refractivity contribution is 0.279. The Balaban J connectivity index is 1.92. The number of nitrogens with one attached hydrogen (secondary N) is 1. The molecule has 0 radical (unpaired) electrons. The van der Waals surface area contributed by atoms with Gasteiger partial charge in [-0.05, 0) is 50.3 Å². The highest BCUT2D eigenvalue weighted by Crippen LogP contribution is 2.19. The molecule has 8 heteroatoms. The summed E-state index contributed by atoms with van der Waals surface area (Å²) in [5, 5.41) is 3.35. The monoisotopic (exact) mass is 410 g/mol. The molecule has 1 aromatic carbocycles. The van der Waals surface area contributed by atoms with E-state index in [0.717, 1.165) is 37.6 Å². The zero-order valence-corrected chi connectivity index (χ0v) is 18.3. The first-order valence-corrected chi connectivity index (χ1v) is 11.8. The van der Waals surface area contributed by atoms with E-state index in [1.165, 1.54) is 11.8 Å². The van der Waals surface area contributed by atoms with Crippen molar-refractivity contribution >= 4 is 16.0 Å². The molecule has 0 amide bonds. The predicted octanol–water partition coefficient (Wildman–Crippen LogP) is 2.15. The van der Waals surface area contributed by atoms with E-state index in [1.54, 1.807) is 4.31 Å². The Bertz CT molecular complexity index is 726. The van der Waals surface area contributed by atoms with Crippen molar-refractivity contribution in [1.29, 1.82) is 0 Å². The molecule has 1 aliphatic rings. The van der Waals surface area contributed by atoms with Crippen LogP contribution in [0.2, 0.25) is 0 Å². The number of rotatable bonds is 8. The number of ether oxygens (including phenoxy) is 1. The van der Waals surface area contributed by atoms with Crippen molar-refractivity contribution in [2.45, 2.75) is 33.2 Å². The molecule has 1 aliphatic heterocycles. The zero-order valence-electron chi connectivity index (χ0n) is 17.5. The maximum Gasteiger partial charge on any atom is 0.211 e. The quantitative estimate of drug-likeness (QED) is 0.525. The van der Waals surface area contributed by atoms with Gasteiger partial charge >= 0.3 is 0 Å². The minimum Gasteiger partial charge on any atom is -0.494 e. The van der Waals surface area contributed by atoms with Gasteiger partial charge in [0.15, 0.2) is 5.96 Å². The molecular formula is C20H34N4O3S. The second-order valence-corrected chi connectivity index (χ2v) is 9.22. The van der Waals surface area contributed by atoms with Gasteiger partial charge in [-0.2, -0.15) is 0 Å². The number of hydrogen-bond acceptors (Lipinski definition) is 4. The Hall–Kier alpha value is -1.80. The van der Waals surface area contributed by atoms with Crippen molar-refractivity contribution in [2.75, 3.05) is 46.1 Å². The molecule has 0 saturated carbocycles. The molecule has 1 N–H and O–H groups in total. The molecule has 1 heterocycles. The first-order valence-electron chi connectivity index (χ1n) is 9.99. The van der Waals surface area contributed by atoms with Gasteiger partial charge < -0.3 is 15.0 Å². The molecule has 28 heavy (non-hydrogen) atoms. The van der Waals surface area contributed by atoms with Crippen LogP contribution in [0.15, 0.2) is 29.3 Å². The first-order chi connectivity index (χ1) is 13.3. The van der Waals surface area contributed by atoms with Crippen molar-refractivity contribution in [3.8, 4) is 5.75 Å². The van der Waals surface area contributed by atoms with Crippen molar-refractivity contribution < 1.29 is 13.2 Å². The molecule has 158 valence electrons. The smallest absolute Gasteiger partial charge is 0.211 e. The van der Waals surface area contributed by atoms with E-state index < -0.39 is 10.0 Å². The summed E-state index contributed by atoms with van der Waals surface area (Å²) in [5.41, 5.74) is 1.19. The summed E-state index contributed by atoms with van der Waals surface area (Å²) in [4.78, 5) is 6.92. The lowest BCUT2D eigenvalue weighted by Gasteiger charge is -2.30. The molecule has 1 aromatic rings. The van der Waals surface area contributed by atoms with Gasteiger partial charge in [-0.1, -0.05) is 12.1 Å². The Labute approximate surface area is 169 Å². The third kappa shape index (κ3) is 6.98. The van der Waals surface area contributed by atoms with E-state index in [4.69, 9.17) is 9.73 Å². The highest BCUT2D eigenvalue weighted by Gasteiger charge is 2.24. The van der Waals surface area contributed by atoms with Gasteiger partial charge in [0.2, 0.25) is 10.0 Å². The van der Waals surface area contributed by atoms with E-state index in [1.807, 2.05) is 26.1 Å². The van der Waals surface area contributed by atoms with Gasteiger partial charge in [0.25, 0.3) is 0 Å². The predicted molar refractivity (Wildman–Crippen MR) is 114 cm³/mol. The maximum atomic E-state index is 11.6. The van der Waals surface area contributed by atoms with Gasteiger partial charge in [-0.15, -0.1) is 0 Å². The molecule has 0 spiro atoms. The van der Waals surface area contributed by atoms with Crippen LogP contribution >= 0.6 is 0 Å². The highest BCUT2D eigenvalue weighted by molar-refractivity contribution is 7.88. The minimum absolute atomic E-state index is 0.422. The highest BCUT2D eigenvalue weighted by atomic mass is 32.2. The number of hydrogen-bond donors (Lipinski definition) is 1. The average Bonchev–Trinajstić information content (AvgIpc) is 2.66. The molecular weight excluding hydrogens is 376 g/mol. The maximum absolute atomic E-state index is 11.6. The van der Waals surface area contributed by atoms with Crippen molar-refractivity contribution in [3.63, 3.8) is 0 Å². The Morgan fingerprint density at radius 2 is 1.89 bits per heavy atom. The van der Waals surface area contributed by atoms with Crippen LogP contribution in [-0.2, 0) is 16.6 Å². The number of benzene rings is 1. The standard InChI is InChI=1S/C20H34N4O3S/c1-5-21-20(22-15-17-11-13-24(14-12-17)28(4,25)26)23(3)16-18-7-9-19(10-8-18)27-6-2/h7-10,17H,5-6,11-16H2,1-4H3,(H,21,22). The van der Waals surface area contributed by atoms with Crippen LogP contribution in [0.1, 0.15) is 32.3 Å². The van der Waals surface area contributed by atoms with Crippen molar-refractivity contribution in [1.82, 2.24) is 14.5 Å². The van der Waals surface area contributed by atoms with Gasteiger partial charge in [-0.3, -0.25) is 4.99 Å². The van der Waals surface area contributed by atoms with Gasteiger partial charge in [0.1, 0.15) is 5.75 Å². The van der Waals surface area contributed by atoms with Crippen LogP contribution in [0.5, 0.6) is 5.75 Å². The van der Waals surface area contributed by atoms with Crippen molar-refractivity contribution in [3.05, 3.63) is 29.8 Å². The molecule has 1 saturated heterocycles. The Kier molecular flexibility index (Phi) is 8.57.